The van der Waals surface area contributed by atoms with Gasteiger partial charge in [-0.05, 0) is 25.0 Å². The van der Waals surface area contributed by atoms with Crippen molar-refractivity contribution in [2.24, 2.45) is 0 Å². The minimum absolute atomic E-state index is 0.0423. The zero-order chi connectivity index (χ0) is 12.3. The molecule has 0 aliphatic rings. The molecular weight excluding hydrogens is 212 g/mol. The topological polar surface area (TPSA) is 37.8 Å². The Morgan fingerprint density at radius 2 is 2.12 bits per heavy atom. The normalized spacial score (nSPS) is 12.2. The quantitative estimate of drug-likeness (QED) is 0.859. The average Bonchev–Trinajstić information content (AvgIpc) is 2.64. The van der Waals surface area contributed by atoms with Crippen LogP contribution in [0.4, 0.5) is 0 Å². The van der Waals surface area contributed by atoms with Gasteiger partial charge >= 0.3 is 5.69 Å². The number of allylic oxidation sites excluding steroid dienone is 2. The van der Waals surface area contributed by atoms with Crippen LogP contribution in [0, 0.1) is 0 Å². The summed E-state index contributed by atoms with van der Waals surface area (Å²) in [7, 11) is 0. The van der Waals surface area contributed by atoms with Crippen LogP contribution in [0.2, 0.25) is 0 Å². The van der Waals surface area contributed by atoms with E-state index in [4.69, 9.17) is 0 Å². The molecule has 0 atom stereocenters. The van der Waals surface area contributed by atoms with E-state index < -0.39 is 0 Å². The number of imidazole rings is 1. The first-order valence-corrected chi connectivity index (χ1v) is 6.17. The number of aromatic amines is 1. The lowest BCUT2D eigenvalue weighted by Crippen LogP contribution is -2.16. The van der Waals surface area contributed by atoms with Crippen molar-refractivity contribution in [3.63, 3.8) is 0 Å². The molecule has 0 aliphatic carbocycles. The first kappa shape index (κ1) is 11.7. The Bertz CT molecular complexity index is 590. The van der Waals surface area contributed by atoms with E-state index in [1.54, 1.807) is 4.57 Å². The monoisotopic (exact) mass is 230 g/mol. The second-order valence-corrected chi connectivity index (χ2v) is 4.14. The minimum atomic E-state index is -0.0423. The Kier molecular flexibility index (Phi) is 3.47. The van der Waals surface area contributed by atoms with Crippen LogP contribution < -0.4 is 5.69 Å². The molecule has 2 aromatic rings. The Labute approximate surface area is 101 Å². The molecule has 1 aromatic heterocycles. The van der Waals surface area contributed by atoms with E-state index in [0.29, 0.717) is 0 Å². The molecule has 0 spiro atoms. The number of nitrogens with zero attached hydrogens (tertiary/aromatic N) is 1. The summed E-state index contributed by atoms with van der Waals surface area (Å²) in [6.07, 6.45) is 5.04. The van der Waals surface area contributed by atoms with Crippen LogP contribution in [0.25, 0.3) is 16.7 Å². The maximum atomic E-state index is 12.0. The molecule has 0 unspecified atom stereocenters. The molecule has 0 saturated heterocycles. The van der Waals surface area contributed by atoms with E-state index in [1.807, 2.05) is 24.3 Å². The summed E-state index contributed by atoms with van der Waals surface area (Å²) < 4.78 is 1.79. The van der Waals surface area contributed by atoms with Crippen molar-refractivity contribution in [3.8, 4) is 0 Å². The Hall–Kier alpha value is -1.77. The van der Waals surface area contributed by atoms with Crippen LogP contribution in [0.3, 0.4) is 0 Å². The summed E-state index contributed by atoms with van der Waals surface area (Å²) in [6.45, 7) is 4.22. The maximum absolute atomic E-state index is 12.0. The smallest absolute Gasteiger partial charge is 0.305 e. The van der Waals surface area contributed by atoms with Gasteiger partial charge in [0.15, 0.2) is 0 Å². The maximum Gasteiger partial charge on any atom is 0.330 e. The molecule has 1 aromatic carbocycles. The van der Waals surface area contributed by atoms with Crippen molar-refractivity contribution in [1.29, 1.82) is 0 Å². The van der Waals surface area contributed by atoms with Crippen molar-refractivity contribution < 1.29 is 0 Å². The van der Waals surface area contributed by atoms with Crippen LogP contribution in [-0.4, -0.2) is 9.55 Å². The molecule has 0 radical (unpaired) electrons. The highest BCUT2D eigenvalue weighted by atomic mass is 16.1. The third kappa shape index (κ3) is 2.18. The first-order valence-electron chi connectivity index (χ1n) is 6.17. The number of para-hydroxylation sites is 2. The molecule has 90 valence electrons. The second kappa shape index (κ2) is 5.04. The van der Waals surface area contributed by atoms with Crippen molar-refractivity contribution >= 4 is 16.7 Å². The van der Waals surface area contributed by atoms with Gasteiger partial charge in [0.05, 0.1) is 11.0 Å². The van der Waals surface area contributed by atoms with Gasteiger partial charge in [-0.1, -0.05) is 38.5 Å². The Morgan fingerprint density at radius 3 is 2.82 bits per heavy atom. The fourth-order valence-corrected chi connectivity index (χ4v) is 2.14. The zero-order valence-corrected chi connectivity index (χ0v) is 10.4. The second-order valence-electron chi connectivity index (χ2n) is 4.14. The summed E-state index contributed by atoms with van der Waals surface area (Å²) in [5.41, 5.74) is 2.91. The fourth-order valence-electron chi connectivity index (χ4n) is 2.14. The van der Waals surface area contributed by atoms with Crippen LogP contribution in [0.15, 0.2) is 35.1 Å². The van der Waals surface area contributed by atoms with Crippen molar-refractivity contribution in [3.05, 3.63) is 40.8 Å². The number of hydrogen-bond acceptors (Lipinski definition) is 1. The summed E-state index contributed by atoms with van der Waals surface area (Å²) in [4.78, 5) is 14.9. The molecule has 1 N–H and O–H groups in total. The van der Waals surface area contributed by atoms with Gasteiger partial charge in [0.25, 0.3) is 0 Å². The van der Waals surface area contributed by atoms with Gasteiger partial charge in [0.1, 0.15) is 0 Å². The molecule has 0 fully saturated rings. The van der Waals surface area contributed by atoms with Crippen molar-refractivity contribution in [1.82, 2.24) is 9.55 Å². The third-order valence-electron chi connectivity index (χ3n) is 2.82. The van der Waals surface area contributed by atoms with Gasteiger partial charge < -0.3 is 4.98 Å². The highest BCUT2D eigenvalue weighted by Crippen LogP contribution is 2.17. The number of rotatable bonds is 4. The van der Waals surface area contributed by atoms with E-state index in [1.165, 1.54) is 0 Å². The van der Waals surface area contributed by atoms with Gasteiger partial charge in [0.2, 0.25) is 0 Å². The summed E-state index contributed by atoms with van der Waals surface area (Å²) in [5, 5.41) is 0. The molecule has 17 heavy (non-hydrogen) atoms. The molecule has 3 heteroatoms. The zero-order valence-electron chi connectivity index (χ0n) is 10.4. The van der Waals surface area contributed by atoms with Gasteiger partial charge in [-0.3, -0.25) is 4.57 Å². The average molecular weight is 230 g/mol. The molecule has 2 rings (SSSR count). The largest absolute Gasteiger partial charge is 0.330 e. The predicted molar refractivity (Wildman–Crippen MR) is 72.0 cm³/mol. The molecular formula is C14H18N2O. The van der Waals surface area contributed by atoms with E-state index in [-0.39, 0.29) is 5.69 Å². The number of fused-ring (bicyclic) bond motifs is 1. The summed E-state index contributed by atoms with van der Waals surface area (Å²) in [5.74, 6) is 0. The summed E-state index contributed by atoms with van der Waals surface area (Å²) >= 11 is 0. The van der Waals surface area contributed by atoms with E-state index in [9.17, 15) is 4.79 Å². The molecule has 0 saturated carbocycles. The van der Waals surface area contributed by atoms with E-state index in [0.717, 1.165) is 36.0 Å². The number of aromatic nitrogens is 2. The molecule has 0 bridgehead atoms. The van der Waals surface area contributed by atoms with E-state index >= 15 is 0 Å². The van der Waals surface area contributed by atoms with Crippen molar-refractivity contribution in [2.45, 2.75) is 33.1 Å². The first-order chi connectivity index (χ1) is 8.27. The lowest BCUT2D eigenvalue weighted by molar-refractivity contribution is 0.885. The van der Waals surface area contributed by atoms with Crippen LogP contribution >= 0.6 is 0 Å². The summed E-state index contributed by atoms with van der Waals surface area (Å²) in [6, 6.07) is 7.81. The third-order valence-corrected chi connectivity index (χ3v) is 2.82. The molecule has 3 nitrogen and oxygen atoms in total. The van der Waals surface area contributed by atoms with E-state index in [2.05, 4.69) is 24.9 Å². The minimum Gasteiger partial charge on any atom is -0.305 e. The van der Waals surface area contributed by atoms with Gasteiger partial charge in [0, 0.05) is 5.70 Å². The number of nitrogens with one attached hydrogen (secondary N) is 1. The highest BCUT2D eigenvalue weighted by Gasteiger charge is 2.09. The van der Waals surface area contributed by atoms with Gasteiger partial charge in [-0.25, -0.2) is 4.79 Å². The number of benzene rings is 1. The molecule has 0 amide bonds. The van der Waals surface area contributed by atoms with Crippen LogP contribution in [0.5, 0.6) is 0 Å². The molecule has 1 heterocycles. The SMILES string of the molecule is CC/C=C(\CCC)n1c(=O)[nH]c2ccccc21. The Balaban J connectivity index is 2.64. The fraction of sp³-hybridized carbons (Fsp3) is 0.357. The number of hydrogen-bond donors (Lipinski definition) is 1. The molecule has 0 aliphatic heterocycles. The van der Waals surface area contributed by atoms with Crippen LogP contribution in [0.1, 0.15) is 33.1 Å². The highest BCUT2D eigenvalue weighted by molar-refractivity contribution is 5.78. The van der Waals surface area contributed by atoms with Crippen LogP contribution in [-0.2, 0) is 0 Å². The Morgan fingerprint density at radius 1 is 1.35 bits per heavy atom. The van der Waals surface area contributed by atoms with Gasteiger partial charge in [-0.15, -0.1) is 0 Å². The standard InChI is InChI=1S/C14H18N2O/c1-3-7-11(8-4-2)16-13-10-6-5-9-12(13)15-14(16)17/h5-7,9-10H,3-4,8H2,1-2H3,(H,15,17)/b11-7+. The lowest BCUT2D eigenvalue weighted by Gasteiger charge is -2.07. The lowest BCUT2D eigenvalue weighted by atomic mass is 10.2. The predicted octanol–water partition coefficient (Wildman–Crippen LogP) is 3.38. The van der Waals surface area contributed by atoms with Gasteiger partial charge in [-0.2, -0.15) is 0 Å². The number of H-pyrrole nitrogens is 1. The van der Waals surface area contributed by atoms with Crippen molar-refractivity contribution in [2.75, 3.05) is 0 Å².